The zero-order valence-corrected chi connectivity index (χ0v) is 22.7. The highest BCUT2D eigenvalue weighted by molar-refractivity contribution is 7.07. The summed E-state index contributed by atoms with van der Waals surface area (Å²) in [5.41, 5.74) is 3.67. The Morgan fingerprint density at radius 2 is 1.69 bits per heavy atom. The van der Waals surface area contributed by atoms with E-state index in [2.05, 4.69) is 5.32 Å². The topological polar surface area (TPSA) is 83.8 Å². The number of nitrogens with one attached hydrogen (secondary N) is 1. The first kappa shape index (κ1) is 25.0. The summed E-state index contributed by atoms with van der Waals surface area (Å²) in [7, 11) is 0. The fourth-order valence-electron chi connectivity index (χ4n) is 5.16. The summed E-state index contributed by atoms with van der Waals surface area (Å²) in [5, 5.41) is 3.48. The lowest BCUT2D eigenvalue weighted by atomic mass is 9.95. The molecule has 2 aliphatic heterocycles. The first-order chi connectivity index (χ1) is 18.9. The second-order valence-electron chi connectivity index (χ2n) is 9.22. The normalized spacial score (nSPS) is 17.6. The van der Waals surface area contributed by atoms with Crippen LogP contribution in [0.1, 0.15) is 31.0 Å². The fourth-order valence-corrected chi connectivity index (χ4v) is 6.42. The average molecular weight is 555 g/mol. The van der Waals surface area contributed by atoms with Gasteiger partial charge in [-0.3, -0.25) is 19.0 Å². The largest absolute Gasteiger partial charge is 0.322 e. The van der Waals surface area contributed by atoms with E-state index in [4.69, 9.17) is 16.6 Å². The van der Waals surface area contributed by atoms with E-state index in [0.717, 1.165) is 11.3 Å². The van der Waals surface area contributed by atoms with Crippen LogP contribution in [0.2, 0.25) is 5.02 Å². The van der Waals surface area contributed by atoms with Gasteiger partial charge in [-0.1, -0.05) is 71.5 Å². The van der Waals surface area contributed by atoms with E-state index in [1.807, 2.05) is 49.4 Å². The summed E-state index contributed by atoms with van der Waals surface area (Å²) in [6.45, 7) is 4.15. The van der Waals surface area contributed by atoms with E-state index in [0.29, 0.717) is 49.0 Å². The molecule has 3 heterocycles. The van der Waals surface area contributed by atoms with Crippen LogP contribution in [0.4, 0.5) is 11.4 Å². The Labute approximate surface area is 233 Å². The maximum absolute atomic E-state index is 14.2. The number of hydrogen-bond acceptors (Lipinski definition) is 5. The minimum absolute atomic E-state index is 0.218. The Bertz CT molecular complexity index is 1860. The molecule has 0 unspecified atom stereocenters. The van der Waals surface area contributed by atoms with E-state index in [-0.39, 0.29) is 17.4 Å². The Morgan fingerprint density at radius 1 is 1.00 bits per heavy atom. The van der Waals surface area contributed by atoms with Crippen molar-refractivity contribution < 1.29 is 9.59 Å². The third-order valence-corrected chi connectivity index (χ3v) is 8.23. The van der Waals surface area contributed by atoms with Gasteiger partial charge < -0.3 is 10.2 Å². The van der Waals surface area contributed by atoms with Crippen molar-refractivity contribution in [3.8, 4) is 0 Å². The smallest absolute Gasteiger partial charge is 0.271 e. The first-order valence-electron chi connectivity index (χ1n) is 12.5. The van der Waals surface area contributed by atoms with Crippen LogP contribution in [0.25, 0.3) is 5.57 Å². The molecule has 0 fully saturated rings. The monoisotopic (exact) mass is 554 g/mol. The van der Waals surface area contributed by atoms with Crippen LogP contribution in [0.5, 0.6) is 0 Å². The summed E-state index contributed by atoms with van der Waals surface area (Å²) < 4.78 is 1.83. The van der Waals surface area contributed by atoms with Gasteiger partial charge in [-0.2, -0.15) is 0 Å². The van der Waals surface area contributed by atoms with Crippen molar-refractivity contribution >= 4 is 51.7 Å². The quantitative estimate of drug-likeness (QED) is 0.409. The molecule has 6 rings (SSSR count). The molecule has 9 heteroatoms. The predicted molar refractivity (Wildman–Crippen MR) is 154 cm³/mol. The summed E-state index contributed by atoms with van der Waals surface area (Å²) >= 11 is 7.35. The molecule has 39 heavy (non-hydrogen) atoms. The number of nitrogens with zero attached hydrogens (tertiary/aromatic N) is 3. The van der Waals surface area contributed by atoms with Gasteiger partial charge in [-0.05, 0) is 49.7 Å². The van der Waals surface area contributed by atoms with Crippen LogP contribution in [0.3, 0.4) is 0 Å². The zero-order chi connectivity index (χ0) is 27.3. The number of rotatable bonds is 4. The number of likely N-dealkylation sites (N-methyl/N-ethyl adjacent to an activating group) is 1. The third kappa shape index (κ3) is 4.13. The number of carbonyl (C=O) groups excluding carboxylic acids is 2. The van der Waals surface area contributed by atoms with E-state index < -0.39 is 6.04 Å². The second kappa shape index (κ2) is 9.80. The number of hydrogen-bond donors (Lipinski definition) is 1. The minimum Gasteiger partial charge on any atom is -0.322 e. The van der Waals surface area contributed by atoms with E-state index in [9.17, 15) is 14.4 Å². The lowest BCUT2D eigenvalue weighted by molar-refractivity contribution is -0.114. The van der Waals surface area contributed by atoms with Crippen LogP contribution < -0.4 is 25.1 Å². The number of aromatic nitrogens is 1. The molecule has 0 radical (unpaired) electrons. The molecule has 0 spiro atoms. The Balaban J connectivity index is 1.59. The minimum atomic E-state index is -0.759. The highest BCUT2D eigenvalue weighted by atomic mass is 35.5. The summed E-state index contributed by atoms with van der Waals surface area (Å²) in [5.74, 6) is -0.579. The third-order valence-electron chi connectivity index (χ3n) is 6.93. The van der Waals surface area contributed by atoms with Crippen molar-refractivity contribution in [2.24, 2.45) is 4.99 Å². The van der Waals surface area contributed by atoms with Gasteiger partial charge in [0.2, 0.25) is 0 Å². The van der Waals surface area contributed by atoms with Gasteiger partial charge in [0.1, 0.15) is 4.53 Å². The highest BCUT2D eigenvalue weighted by Crippen LogP contribution is 2.35. The summed E-state index contributed by atoms with van der Waals surface area (Å²) in [4.78, 5) is 48.2. The van der Waals surface area contributed by atoms with Gasteiger partial charge >= 0.3 is 0 Å². The number of allylic oxidation sites excluding steroid dienone is 1. The fraction of sp³-hybridized carbons (Fsp3) is 0.133. The van der Waals surface area contributed by atoms with Crippen LogP contribution in [-0.4, -0.2) is 22.9 Å². The van der Waals surface area contributed by atoms with Crippen LogP contribution in [0.15, 0.2) is 99.9 Å². The molecule has 1 aromatic heterocycles. The van der Waals surface area contributed by atoms with Crippen molar-refractivity contribution in [2.75, 3.05) is 16.8 Å². The molecule has 2 aliphatic rings. The molecule has 4 aromatic rings. The molecule has 0 aliphatic carbocycles. The van der Waals surface area contributed by atoms with Gasteiger partial charge in [-0.15, -0.1) is 0 Å². The van der Waals surface area contributed by atoms with Crippen molar-refractivity contribution in [1.82, 2.24) is 4.57 Å². The summed E-state index contributed by atoms with van der Waals surface area (Å²) in [6, 6.07) is 22.9. The Kier molecular flexibility index (Phi) is 6.29. The lowest BCUT2D eigenvalue weighted by Gasteiger charge is -2.25. The molecular formula is C30H23ClN4O3S. The number of benzene rings is 3. The second-order valence-corrected chi connectivity index (χ2v) is 10.6. The molecule has 0 saturated carbocycles. The van der Waals surface area contributed by atoms with Gasteiger partial charge in [0.25, 0.3) is 17.4 Å². The SMILES string of the molecule is CCN1C(=O)/C(=c2/sc3n(c2=O)[C@H](c2ccc(Cl)cc2)C(C(=O)Nc2ccccc2)=C(C)N=3)c2ccccc21. The molecule has 7 nitrogen and oxygen atoms in total. The van der Waals surface area contributed by atoms with Gasteiger partial charge in [0.05, 0.1) is 28.6 Å². The van der Waals surface area contributed by atoms with E-state index >= 15 is 0 Å². The molecular weight excluding hydrogens is 532 g/mol. The molecule has 194 valence electrons. The molecule has 0 bridgehead atoms. The Morgan fingerprint density at radius 3 is 2.41 bits per heavy atom. The van der Waals surface area contributed by atoms with Crippen molar-refractivity contribution in [2.45, 2.75) is 19.9 Å². The van der Waals surface area contributed by atoms with Crippen LogP contribution >= 0.6 is 22.9 Å². The Hall–Kier alpha value is -4.27. The number of fused-ring (bicyclic) bond motifs is 2. The lowest BCUT2D eigenvalue weighted by Crippen LogP contribution is -2.41. The number of halogens is 1. The van der Waals surface area contributed by atoms with Gasteiger partial charge in [0, 0.05) is 22.8 Å². The summed E-state index contributed by atoms with van der Waals surface area (Å²) in [6.07, 6.45) is 0. The van der Waals surface area contributed by atoms with Gasteiger partial charge in [0.15, 0.2) is 4.80 Å². The van der Waals surface area contributed by atoms with E-state index in [1.165, 1.54) is 15.9 Å². The molecule has 0 saturated heterocycles. The number of amides is 2. The molecule has 1 N–H and O–H groups in total. The van der Waals surface area contributed by atoms with Crippen LogP contribution in [-0.2, 0) is 9.59 Å². The van der Waals surface area contributed by atoms with Crippen LogP contribution in [0, 0.1) is 0 Å². The van der Waals surface area contributed by atoms with Gasteiger partial charge in [-0.25, -0.2) is 4.99 Å². The van der Waals surface area contributed by atoms with Crippen molar-refractivity contribution in [3.63, 3.8) is 0 Å². The first-order valence-corrected chi connectivity index (χ1v) is 13.7. The number of anilines is 2. The predicted octanol–water partition coefficient (Wildman–Crippen LogP) is 4.26. The molecule has 3 aromatic carbocycles. The maximum Gasteiger partial charge on any atom is 0.271 e. The van der Waals surface area contributed by atoms with E-state index in [1.54, 1.807) is 48.2 Å². The van der Waals surface area contributed by atoms with Crippen molar-refractivity contribution in [1.29, 1.82) is 0 Å². The average Bonchev–Trinajstić information content (AvgIpc) is 3.40. The molecule has 2 amide bonds. The molecule has 1 atom stereocenters. The number of carbonyl (C=O) groups is 2. The zero-order valence-electron chi connectivity index (χ0n) is 21.1. The highest BCUT2D eigenvalue weighted by Gasteiger charge is 2.36. The maximum atomic E-state index is 14.2. The number of para-hydroxylation sites is 2. The van der Waals surface area contributed by atoms with Crippen molar-refractivity contribution in [3.05, 3.63) is 126 Å². The standard InChI is InChI=1S/C30H23ClN4O3S/c1-3-34-22-12-8-7-11-21(22)24(28(34)37)26-29(38)35-25(18-13-15-19(31)16-14-18)23(17(2)32-30(35)39-26)27(36)33-20-9-5-4-6-10-20/h4-16,25H,3H2,1-2H3,(H,33,36)/b26-24+/t25-/m1/s1. The number of thiazole rings is 1.